The molecule has 0 spiro atoms. The highest BCUT2D eigenvalue weighted by Gasteiger charge is 2.53. The van der Waals surface area contributed by atoms with E-state index in [1.54, 1.807) is 0 Å². The Morgan fingerprint density at radius 1 is 0.411 bits per heavy atom. The molecule has 19 heteroatoms. The lowest BCUT2D eigenvalue weighted by Gasteiger charge is -2.48. The second kappa shape index (κ2) is 52.0. The molecule has 0 aromatic rings. The van der Waals surface area contributed by atoms with Crippen molar-refractivity contribution in [1.82, 2.24) is 5.32 Å². The third kappa shape index (κ3) is 33.7. The maximum Gasteiger partial charge on any atom is 0.220 e. The SMILES string of the molecule is CC/C=C\C/C=C\C/C=C\C/C=C\C/C=C\C/C=C\C/C=C\C/C=C\CCCCCCCCCCC(=O)NC(COC1OC(CO)C(OC2OC(CO)C(OC3OC(CO)C(O)C(O)C3O)C(O)C2O)C(O)C1O)C(O)CCCCCCCCCCCCCC. The number of ether oxygens (including phenoxy) is 6. The van der Waals surface area contributed by atoms with Gasteiger partial charge >= 0.3 is 0 Å². The van der Waals surface area contributed by atoms with Gasteiger partial charge in [-0.1, -0.05) is 227 Å². The van der Waals surface area contributed by atoms with Gasteiger partial charge in [0, 0.05) is 6.42 Å². The van der Waals surface area contributed by atoms with E-state index in [4.69, 9.17) is 28.4 Å². The Morgan fingerprint density at radius 2 is 0.767 bits per heavy atom. The van der Waals surface area contributed by atoms with Gasteiger partial charge in [0.05, 0.1) is 38.6 Å². The van der Waals surface area contributed by atoms with E-state index in [0.717, 1.165) is 116 Å². The fourth-order valence-corrected chi connectivity index (χ4v) is 11.1. The molecule has 3 heterocycles. The average molecular weight is 1280 g/mol. The predicted molar refractivity (Wildman–Crippen MR) is 351 cm³/mol. The van der Waals surface area contributed by atoms with Crippen LogP contribution in [0.15, 0.2) is 97.2 Å². The number of carbonyl (C=O) groups is 1. The van der Waals surface area contributed by atoms with Crippen LogP contribution in [-0.4, -0.2) is 193 Å². The maximum absolute atomic E-state index is 13.4. The molecular weight excluding hydrogens is 1150 g/mol. The van der Waals surface area contributed by atoms with E-state index in [1.807, 2.05) is 0 Å². The number of nitrogens with one attached hydrogen (secondary N) is 1. The van der Waals surface area contributed by atoms with Gasteiger partial charge in [-0.25, -0.2) is 0 Å². The maximum atomic E-state index is 13.4. The van der Waals surface area contributed by atoms with Crippen LogP contribution in [0.25, 0.3) is 0 Å². The van der Waals surface area contributed by atoms with Crippen LogP contribution in [0.4, 0.5) is 0 Å². The first-order valence-electron chi connectivity index (χ1n) is 34.5. The zero-order valence-corrected chi connectivity index (χ0v) is 54.6. The molecule has 3 aliphatic rings. The molecule has 19 nitrogen and oxygen atoms in total. The van der Waals surface area contributed by atoms with E-state index in [2.05, 4.69) is 116 Å². The number of aliphatic hydroxyl groups excluding tert-OH is 11. The van der Waals surface area contributed by atoms with Crippen LogP contribution in [0.1, 0.15) is 213 Å². The Bertz CT molecular complexity index is 2010. The Labute approximate surface area is 539 Å². The third-order valence-electron chi connectivity index (χ3n) is 16.7. The van der Waals surface area contributed by atoms with Crippen molar-refractivity contribution in [1.29, 1.82) is 0 Å². The topological polar surface area (TPSA) is 307 Å². The van der Waals surface area contributed by atoms with E-state index >= 15 is 0 Å². The predicted octanol–water partition coefficient (Wildman–Crippen LogP) is 8.88. The lowest BCUT2D eigenvalue weighted by molar-refractivity contribution is -0.379. The van der Waals surface area contributed by atoms with Gasteiger partial charge in [0.1, 0.15) is 73.2 Å². The summed E-state index contributed by atoms with van der Waals surface area (Å²) in [5, 5.41) is 120. The number of amides is 1. The second-order valence-electron chi connectivity index (χ2n) is 24.3. The van der Waals surface area contributed by atoms with E-state index in [9.17, 15) is 61.0 Å². The number of rotatable bonds is 51. The smallest absolute Gasteiger partial charge is 0.220 e. The molecule has 0 aliphatic carbocycles. The average Bonchev–Trinajstić information content (AvgIpc) is 0.864. The first-order chi connectivity index (χ1) is 43.8. The van der Waals surface area contributed by atoms with Crippen molar-refractivity contribution in [3.63, 3.8) is 0 Å². The molecule has 17 unspecified atom stereocenters. The molecule has 0 saturated carbocycles. The Kier molecular flexibility index (Phi) is 46.8. The van der Waals surface area contributed by atoms with Crippen molar-refractivity contribution in [3.8, 4) is 0 Å². The summed E-state index contributed by atoms with van der Waals surface area (Å²) in [6, 6.07) is -0.897. The summed E-state index contributed by atoms with van der Waals surface area (Å²) in [4.78, 5) is 13.4. The molecule has 0 bridgehead atoms. The molecule has 0 aromatic carbocycles. The van der Waals surface area contributed by atoms with Gasteiger partial charge < -0.3 is 89.9 Å². The monoisotopic (exact) mass is 1280 g/mol. The largest absolute Gasteiger partial charge is 0.394 e. The highest BCUT2D eigenvalue weighted by Crippen LogP contribution is 2.33. The van der Waals surface area contributed by atoms with Crippen LogP contribution in [-0.2, 0) is 33.2 Å². The number of hydrogen-bond donors (Lipinski definition) is 12. The quantitative estimate of drug-likeness (QED) is 0.0200. The third-order valence-corrected chi connectivity index (χ3v) is 16.7. The number of aliphatic hydroxyl groups is 11. The molecule has 1 amide bonds. The van der Waals surface area contributed by atoms with Gasteiger partial charge in [-0.2, -0.15) is 0 Å². The molecule has 12 N–H and O–H groups in total. The molecule has 90 heavy (non-hydrogen) atoms. The second-order valence-corrected chi connectivity index (χ2v) is 24.3. The minimum absolute atomic E-state index is 0.250. The van der Waals surface area contributed by atoms with Crippen molar-refractivity contribution in [2.45, 2.75) is 317 Å². The lowest BCUT2D eigenvalue weighted by Crippen LogP contribution is -2.66. The van der Waals surface area contributed by atoms with Crippen LogP contribution in [0, 0.1) is 0 Å². The molecule has 518 valence electrons. The summed E-state index contributed by atoms with van der Waals surface area (Å²) >= 11 is 0. The lowest BCUT2D eigenvalue weighted by atomic mass is 9.96. The van der Waals surface area contributed by atoms with E-state index in [0.29, 0.717) is 12.8 Å². The number of allylic oxidation sites excluding steroid dienone is 16. The number of unbranched alkanes of at least 4 members (excludes halogenated alkanes) is 19. The molecule has 3 saturated heterocycles. The summed E-state index contributed by atoms with van der Waals surface area (Å²) in [5.41, 5.74) is 0. The highest BCUT2D eigenvalue weighted by atomic mass is 16.8. The van der Waals surface area contributed by atoms with Gasteiger partial charge in [0.25, 0.3) is 0 Å². The standard InChI is InChI=1S/C71H121NO18/c1-3-5-7-9-11-13-15-17-18-19-20-21-22-23-24-25-26-27-28-29-30-31-32-33-34-35-36-37-39-41-43-45-47-49-59(77)72-54(55(76)48-46-44-42-40-38-16-14-12-10-8-6-4-2)53-85-69-65(83)62(80)67(57(51-74)87-69)90-71-66(84)63(81)68(58(52-75)88-71)89-70-64(82)61(79)60(78)56(50-73)86-70/h5,7,11,13,17-18,20-21,23-24,26-27,29-30,32-33,54-58,60-71,73-76,78-84H,3-4,6,8-10,12,14-16,19,22,25,28,31,34-53H2,1-2H3,(H,72,77)/b7-5-,13-11-,18-17-,21-20-,24-23-,27-26-,30-29-,33-32-. The molecule has 3 fully saturated rings. The van der Waals surface area contributed by atoms with E-state index < -0.39 is 124 Å². The van der Waals surface area contributed by atoms with Crippen molar-refractivity contribution in [3.05, 3.63) is 97.2 Å². The molecule has 0 radical (unpaired) electrons. The first-order valence-corrected chi connectivity index (χ1v) is 34.5. The van der Waals surface area contributed by atoms with Gasteiger partial charge in [0.2, 0.25) is 5.91 Å². The molecule has 17 atom stereocenters. The van der Waals surface area contributed by atoms with Crippen molar-refractivity contribution in [2.75, 3.05) is 26.4 Å². The molecule has 3 rings (SSSR count). The summed E-state index contributed by atoms with van der Waals surface area (Å²) < 4.78 is 34.3. The zero-order valence-electron chi connectivity index (χ0n) is 54.6. The number of hydrogen-bond acceptors (Lipinski definition) is 18. The molecule has 3 aliphatic heterocycles. The fourth-order valence-electron chi connectivity index (χ4n) is 11.1. The Balaban J connectivity index is 1.38. The van der Waals surface area contributed by atoms with Gasteiger partial charge in [-0.3, -0.25) is 4.79 Å². The molecule has 0 aromatic heterocycles. The summed E-state index contributed by atoms with van der Waals surface area (Å²) in [6.07, 6.45) is 40.6. The fraction of sp³-hybridized carbons (Fsp3) is 0.761. The van der Waals surface area contributed by atoms with Crippen molar-refractivity contribution in [2.24, 2.45) is 0 Å². The number of carbonyl (C=O) groups excluding carboxylic acids is 1. The van der Waals surface area contributed by atoms with Crippen molar-refractivity contribution < 1.29 is 89.4 Å². The summed E-state index contributed by atoms with van der Waals surface area (Å²) in [7, 11) is 0. The van der Waals surface area contributed by atoms with Gasteiger partial charge in [-0.15, -0.1) is 0 Å². The van der Waals surface area contributed by atoms with Gasteiger partial charge in [-0.05, 0) is 77.0 Å². The minimum atomic E-state index is -1.98. The summed E-state index contributed by atoms with van der Waals surface area (Å²) in [6.45, 7) is 1.65. The van der Waals surface area contributed by atoms with Crippen LogP contribution in [0.2, 0.25) is 0 Å². The van der Waals surface area contributed by atoms with Crippen LogP contribution in [0.3, 0.4) is 0 Å². The summed E-state index contributed by atoms with van der Waals surface area (Å²) in [5.74, 6) is -0.257. The first kappa shape index (κ1) is 80.9. The van der Waals surface area contributed by atoms with E-state index in [-0.39, 0.29) is 18.9 Å². The minimum Gasteiger partial charge on any atom is -0.394 e. The normalized spacial score (nSPS) is 28.7. The highest BCUT2D eigenvalue weighted by molar-refractivity contribution is 5.76. The van der Waals surface area contributed by atoms with Crippen molar-refractivity contribution >= 4 is 5.91 Å². The Hall–Kier alpha value is -3.29. The van der Waals surface area contributed by atoms with Gasteiger partial charge in [0.15, 0.2) is 18.9 Å². The van der Waals surface area contributed by atoms with Crippen LogP contribution in [0.5, 0.6) is 0 Å². The Morgan fingerprint density at radius 3 is 1.20 bits per heavy atom. The molecular formula is C71H121NO18. The van der Waals surface area contributed by atoms with Crippen LogP contribution < -0.4 is 5.32 Å². The van der Waals surface area contributed by atoms with Crippen LogP contribution >= 0.6 is 0 Å². The zero-order chi connectivity index (χ0) is 65.4. The van der Waals surface area contributed by atoms with E-state index in [1.165, 1.54) is 64.2 Å².